The van der Waals surface area contributed by atoms with Crippen LogP contribution in [-0.4, -0.2) is 75.2 Å². The van der Waals surface area contributed by atoms with E-state index in [1.165, 1.54) is 6.26 Å². The fraction of sp³-hybridized carbons (Fsp3) is 0.611. The molecule has 4 aliphatic heterocycles. The van der Waals surface area contributed by atoms with Gasteiger partial charge in [-0.3, -0.25) is 9.69 Å². The van der Waals surface area contributed by atoms with Gasteiger partial charge >= 0.3 is 0 Å². The third-order valence-electron chi connectivity index (χ3n) is 5.63. The highest BCUT2D eigenvalue weighted by atomic mass is 32.2. The lowest BCUT2D eigenvalue weighted by molar-refractivity contribution is -0.121. The van der Waals surface area contributed by atoms with Gasteiger partial charge in [0.1, 0.15) is 12.4 Å². The van der Waals surface area contributed by atoms with E-state index in [-0.39, 0.29) is 11.9 Å². The van der Waals surface area contributed by atoms with Gasteiger partial charge in [0.25, 0.3) is 0 Å². The van der Waals surface area contributed by atoms with Gasteiger partial charge in [-0.2, -0.15) is 0 Å². The van der Waals surface area contributed by atoms with Crippen LogP contribution in [-0.2, 0) is 14.8 Å². The zero-order chi connectivity index (χ0) is 18.3. The molecule has 0 aliphatic carbocycles. The Labute approximate surface area is 154 Å². The number of fused-ring (bicyclic) bond motifs is 5. The first kappa shape index (κ1) is 17.8. The molecule has 0 unspecified atom stereocenters. The second kappa shape index (κ2) is 6.83. The Bertz CT molecular complexity index is 797. The summed E-state index contributed by atoms with van der Waals surface area (Å²) in [5.41, 5.74) is 0.821. The van der Waals surface area contributed by atoms with Crippen molar-refractivity contribution >= 4 is 21.6 Å². The number of benzene rings is 1. The maximum atomic E-state index is 13.0. The van der Waals surface area contributed by atoms with E-state index in [0.717, 1.165) is 30.8 Å². The first-order valence-corrected chi connectivity index (χ1v) is 11.0. The van der Waals surface area contributed by atoms with Gasteiger partial charge in [0.05, 0.1) is 25.0 Å². The minimum Gasteiger partial charge on any atom is -0.490 e. The molecule has 7 nitrogen and oxygen atoms in total. The number of anilines is 1. The molecule has 0 spiro atoms. The third-order valence-corrected chi connectivity index (χ3v) is 6.87. The topological polar surface area (TPSA) is 70.2 Å². The molecule has 4 aliphatic rings. The van der Waals surface area contributed by atoms with Crippen molar-refractivity contribution in [1.29, 1.82) is 0 Å². The number of piperidine rings is 1. The summed E-state index contributed by atoms with van der Waals surface area (Å²) in [6, 6.07) is 7.72. The molecule has 0 saturated carbocycles. The van der Waals surface area contributed by atoms with Crippen molar-refractivity contribution in [1.82, 2.24) is 9.21 Å². The van der Waals surface area contributed by atoms with Crippen LogP contribution >= 0.6 is 0 Å². The fourth-order valence-corrected chi connectivity index (χ4v) is 5.21. The van der Waals surface area contributed by atoms with Crippen LogP contribution in [0.25, 0.3) is 0 Å². The normalized spacial score (nSPS) is 26.9. The van der Waals surface area contributed by atoms with Gasteiger partial charge in [-0.1, -0.05) is 12.1 Å². The van der Waals surface area contributed by atoms with E-state index in [1.807, 2.05) is 24.3 Å². The van der Waals surface area contributed by atoms with E-state index >= 15 is 0 Å². The lowest BCUT2D eigenvalue weighted by Gasteiger charge is -2.37. The van der Waals surface area contributed by atoms with Crippen LogP contribution in [0.2, 0.25) is 0 Å². The van der Waals surface area contributed by atoms with E-state index in [9.17, 15) is 13.2 Å². The van der Waals surface area contributed by atoms with Gasteiger partial charge < -0.3 is 9.64 Å². The number of sulfonamides is 1. The van der Waals surface area contributed by atoms with Gasteiger partial charge in [0, 0.05) is 25.7 Å². The van der Waals surface area contributed by atoms with E-state index in [1.54, 1.807) is 9.21 Å². The van der Waals surface area contributed by atoms with Crippen LogP contribution in [0.3, 0.4) is 0 Å². The summed E-state index contributed by atoms with van der Waals surface area (Å²) in [5, 5.41) is 0. The van der Waals surface area contributed by atoms with Gasteiger partial charge in [0.15, 0.2) is 0 Å². The quantitative estimate of drug-likeness (QED) is 0.776. The molecule has 3 saturated heterocycles. The number of amides is 1. The minimum atomic E-state index is -3.19. The highest BCUT2D eigenvalue weighted by Gasteiger charge is 2.39. The van der Waals surface area contributed by atoms with Gasteiger partial charge in [-0.25, -0.2) is 12.7 Å². The van der Waals surface area contributed by atoms with Crippen molar-refractivity contribution in [3.05, 3.63) is 24.3 Å². The molecular weight excluding hydrogens is 354 g/mol. The Morgan fingerprint density at radius 3 is 2.81 bits per heavy atom. The molecule has 5 rings (SSSR count). The number of carbonyl (C=O) groups excluding carboxylic acids is 1. The number of rotatable bonds is 3. The van der Waals surface area contributed by atoms with Crippen molar-refractivity contribution in [3.63, 3.8) is 0 Å². The average molecular weight is 379 g/mol. The van der Waals surface area contributed by atoms with Crippen molar-refractivity contribution < 1.29 is 17.9 Å². The standard InChI is InChI=1S/C18H25N3O4S/c1-26(23,24)20-11-14-6-7-15(12-20)19(10-14)13-18(22)21-8-9-25-17-5-3-2-4-16(17)21/h2-5,14-15H,6-13H2,1H3/t14-,15-/m1/s1. The maximum Gasteiger partial charge on any atom is 0.241 e. The lowest BCUT2D eigenvalue weighted by atomic mass is 9.95. The number of hydrogen-bond acceptors (Lipinski definition) is 5. The SMILES string of the molecule is CS(=O)(=O)N1C[C@@H]2CC[C@H](C1)N(CC(=O)N1CCOc3ccccc31)C2. The first-order valence-electron chi connectivity index (χ1n) is 9.13. The molecule has 0 radical (unpaired) electrons. The summed E-state index contributed by atoms with van der Waals surface area (Å²) < 4.78 is 31.2. The zero-order valence-corrected chi connectivity index (χ0v) is 15.8. The number of nitrogens with zero attached hydrogens (tertiary/aromatic N) is 3. The summed E-state index contributed by atoms with van der Waals surface area (Å²) in [7, 11) is -3.19. The van der Waals surface area contributed by atoms with E-state index in [0.29, 0.717) is 38.7 Å². The second-order valence-corrected chi connectivity index (χ2v) is 9.45. The van der Waals surface area contributed by atoms with Crippen LogP contribution in [0.15, 0.2) is 24.3 Å². The van der Waals surface area contributed by atoms with E-state index < -0.39 is 10.0 Å². The molecule has 1 aromatic rings. The molecule has 3 fully saturated rings. The summed E-state index contributed by atoms with van der Waals surface area (Å²) in [6.45, 7) is 3.22. The highest BCUT2D eigenvalue weighted by Crippen LogP contribution is 2.32. The number of hydrogen-bond donors (Lipinski definition) is 0. The average Bonchev–Trinajstić information content (AvgIpc) is 2.93. The van der Waals surface area contributed by atoms with Crippen molar-refractivity contribution in [2.75, 3.05) is 50.5 Å². The third kappa shape index (κ3) is 3.45. The number of carbonyl (C=O) groups is 1. The predicted molar refractivity (Wildman–Crippen MR) is 98.8 cm³/mol. The summed E-state index contributed by atoms with van der Waals surface area (Å²) >= 11 is 0. The molecule has 1 aromatic carbocycles. The van der Waals surface area contributed by atoms with Crippen LogP contribution in [0.4, 0.5) is 5.69 Å². The van der Waals surface area contributed by atoms with E-state index in [4.69, 9.17) is 4.74 Å². The zero-order valence-electron chi connectivity index (χ0n) is 15.0. The number of para-hydroxylation sites is 2. The monoisotopic (exact) mass is 379 g/mol. The molecule has 4 heterocycles. The summed E-state index contributed by atoms with van der Waals surface area (Å²) in [4.78, 5) is 17.0. The Morgan fingerprint density at radius 2 is 2.00 bits per heavy atom. The van der Waals surface area contributed by atoms with Crippen LogP contribution in [0.1, 0.15) is 12.8 Å². The molecule has 8 heteroatoms. The molecule has 1 amide bonds. The van der Waals surface area contributed by atoms with Crippen molar-refractivity contribution in [2.45, 2.75) is 18.9 Å². The Hall–Kier alpha value is -1.64. The molecular formula is C18H25N3O4S. The van der Waals surface area contributed by atoms with Gasteiger partial charge in [0.2, 0.25) is 15.9 Å². The Balaban J connectivity index is 1.49. The van der Waals surface area contributed by atoms with Crippen molar-refractivity contribution in [3.8, 4) is 5.75 Å². The first-order chi connectivity index (χ1) is 12.4. The highest BCUT2D eigenvalue weighted by molar-refractivity contribution is 7.88. The largest absolute Gasteiger partial charge is 0.490 e. The van der Waals surface area contributed by atoms with Gasteiger partial charge in [-0.05, 0) is 30.9 Å². The Morgan fingerprint density at radius 1 is 1.19 bits per heavy atom. The second-order valence-electron chi connectivity index (χ2n) is 7.47. The van der Waals surface area contributed by atoms with Gasteiger partial charge in [-0.15, -0.1) is 0 Å². The minimum absolute atomic E-state index is 0.0548. The lowest BCUT2D eigenvalue weighted by Crippen LogP contribution is -2.50. The molecule has 2 atom stereocenters. The maximum absolute atomic E-state index is 13.0. The summed E-state index contributed by atoms with van der Waals surface area (Å²) in [5.74, 6) is 1.10. The van der Waals surface area contributed by atoms with Crippen LogP contribution in [0, 0.1) is 5.92 Å². The van der Waals surface area contributed by atoms with Crippen LogP contribution in [0.5, 0.6) is 5.75 Å². The smallest absolute Gasteiger partial charge is 0.241 e. The molecule has 0 aromatic heterocycles. The summed E-state index contributed by atoms with van der Waals surface area (Å²) in [6.07, 6.45) is 3.25. The molecule has 26 heavy (non-hydrogen) atoms. The predicted octanol–water partition coefficient (Wildman–Crippen LogP) is 0.768. The molecule has 142 valence electrons. The molecule has 2 bridgehead atoms. The number of ether oxygens (including phenoxy) is 1. The van der Waals surface area contributed by atoms with E-state index in [2.05, 4.69) is 4.90 Å². The Kier molecular flexibility index (Phi) is 4.66. The fourth-order valence-electron chi connectivity index (χ4n) is 4.29. The molecule has 0 N–H and O–H groups in total. The van der Waals surface area contributed by atoms with Crippen molar-refractivity contribution in [2.24, 2.45) is 5.92 Å². The van der Waals surface area contributed by atoms with Crippen LogP contribution < -0.4 is 9.64 Å².